The summed E-state index contributed by atoms with van der Waals surface area (Å²) in [6, 6.07) is 0. The van der Waals surface area contributed by atoms with Crippen LogP contribution in [-0.2, 0) is 4.79 Å². The van der Waals surface area contributed by atoms with Gasteiger partial charge in [0.1, 0.15) is 0 Å². The number of nitrogens with one attached hydrogen (secondary N) is 1. The smallest absolute Gasteiger partial charge is 0.225 e. The lowest BCUT2D eigenvalue weighted by molar-refractivity contribution is -0.136. The van der Waals surface area contributed by atoms with Crippen molar-refractivity contribution in [1.29, 1.82) is 0 Å². The second kappa shape index (κ2) is 5.38. The normalized spacial score (nSPS) is 26.6. The molecule has 0 unspecified atom stereocenters. The molecule has 0 spiro atoms. The van der Waals surface area contributed by atoms with Crippen molar-refractivity contribution < 1.29 is 4.79 Å². The molecule has 3 heteroatoms. The van der Waals surface area contributed by atoms with Gasteiger partial charge in [0.05, 0.1) is 0 Å². The summed E-state index contributed by atoms with van der Waals surface area (Å²) in [5.41, 5.74) is 0.420. The first-order valence-electron chi connectivity index (χ1n) is 7.08. The van der Waals surface area contributed by atoms with E-state index in [1.165, 1.54) is 12.8 Å². The topological polar surface area (TPSA) is 32.3 Å². The monoisotopic (exact) mass is 238 g/mol. The third-order valence-electron chi connectivity index (χ3n) is 4.34. The van der Waals surface area contributed by atoms with Gasteiger partial charge in [-0.2, -0.15) is 0 Å². The van der Waals surface area contributed by atoms with Gasteiger partial charge in [-0.25, -0.2) is 0 Å². The standard InChI is InChI=1S/C14H26N2O/c1-14(2)6-3-10-16(11-7-14)13(17)12-4-8-15-9-5-12/h12,15H,3-11H2,1-2H3. The van der Waals surface area contributed by atoms with Gasteiger partial charge < -0.3 is 10.2 Å². The highest BCUT2D eigenvalue weighted by Crippen LogP contribution is 2.30. The number of hydrogen-bond acceptors (Lipinski definition) is 2. The van der Waals surface area contributed by atoms with Crippen molar-refractivity contribution in [1.82, 2.24) is 10.2 Å². The Morgan fingerprint density at radius 1 is 1.18 bits per heavy atom. The zero-order valence-corrected chi connectivity index (χ0v) is 11.3. The molecule has 0 aromatic heterocycles. The molecular formula is C14H26N2O. The molecule has 2 fully saturated rings. The predicted octanol–water partition coefficient (Wildman–Crippen LogP) is 2.02. The maximum atomic E-state index is 12.4. The van der Waals surface area contributed by atoms with Gasteiger partial charge in [-0.05, 0) is 50.6 Å². The third-order valence-corrected chi connectivity index (χ3v) is 4.34. The minimum Gasteiger partial charge on any atom is -0.342 e. The van der Waals surface area contributed by atoms with Gasteiger partial charge >= 0.3 is 0 Å². The summed E-state index contributed by atoms with van der Waals surface area (Å²) < 4.78 is 0. The molecule has 0 radical (unpaired) electrons. The lowest BCUT2D eigenvalue weighted by atomic mass is 9.85. The summed E-state index contributed by atoms with van der Waals surface area (Å²) in [5, 5.41) is 3.33. The predicted molar refractivity (Wildman–Crippen MR) is 69.8 cm³/mol. The SMILES string of the molecule is CC1(C)CCCN(C(=O)C2CCNCC2)CC1. The second-order valence-electron chi connectivity index (χ2n) is 6.37. The Kier molecular flexibility index (Phi) is 4.08. The number of carbonyl (C=O) groups is 1. The number of amides is 1. The molecule has 0 aliphatic carbocycles. The van der Waals surface area contributed by atoms with E-state index in [0.29, 0.717) is 11.3 Å². The minimum atomic E-state index is 0.289. The van der Waals surface area contributed by atoms with Gasteiger partial charge in [0.2, 0.25) is 5.91 Å². The largest absolute Gasteiger partial charge is 0.342 e. The average molecular weight is 238 g/mol. The van der Waals surface area contributed by atoms with E-state index >= 15 is 0 Å². The van der Waals surface area contributed by atoms with E-state index in [1.54, 1.807) is 0 Å². The van der Waals surface area contributed by atoms with Crippen LogP contribution in [0.4, 0.5) is 0 Å². The van der Waals surface area contributed by atoms with E-state index in [1.807, 2.05) is 0 Å². The van der Waals surface area contributed by atoms with Gasteiger partial charge in [-0.1, -0.05) is 13.8 Å². The van der Waals surface area contributed by atoms with E-state index in [9.17, 15) is 4.79 Å². The Balaban J connectivity index is 1.90. The summed E-state index contributed by atoms with van der Waals surface area (Å²) in [4.78, 5) is 14.5. The van der Waals surface area contributed by atoms with Crippen molar-refractivity contribution in [2.45, 2.75) is 46.0 Å². The fraction of sp³-hybridized carbons (Fsp3) is 0.929. The van der Waals surface area contributed by atoms with Crippen LogP contribution in [0.2, 0.25) is 0 Å². The highest BCUT2D eigenvalue weighted by atomic mass is 16.2. The quantitative estimate of drug-likeness (QED) is 0.758. The van der Waals surface area contributed by atoms with E-state index in [2.05, 4.69) is 24.1 Å². The molecule has 2 aliphatic rings. The number of carbonyl (C=O) groups excluding carboxylic acids is 1. The molecule has 0 aromatic rings. The summed E-state index contributed by atoms with van der Waals surface area (Å²) in [5.74, 6) is 0.710. The molecule has 1 N–H and O–H groups in total. The molecule has 0 aromatic carbocycles. The second-order valence-corrected chi connectivity index (χ2v) is 6.37. The van der Waals surface area contributed by atoms with E-state index in [-0.39, 0.29) is 5.92 Å². The highest BCUT2D eigenvalue weighted by Gasteiger charge is 2.29. The van der Waals surface area contributed by atoms with Crippen LogP contribution in [0.1, 0.15) is 46.0 Å². The zero-order chi connectivity index (χ0) is 12.3. The first-order chi connectivity index (χ1) is 8.08. The number of hydrogen-bond donors (Lipinski definition) is 1. The van der Waals surface area contributed by atoms with Crippen LogP contribution in [0.25, 0.3) is 0 Å². The van der Waals surface area contributed by atoms with Gasteiger partial charge in [0.25, 0.3) is 0 Å². The van der Waals surface area contributed by atoms with E-state index in [4.69, 9.17) is 0 Å². The zero-order valence-electron chi connectivity index (χ0n) is 11.3. The molecule has 2 saturated heterocycles. The third kappa shape index (κ3) is 3.44. The Morgan fingerprint density at radius 2 is 1.88 bits per heavy atom. The van der Waals surface area contributed by atoms with Crippen LogP contribution in [-0.4, -0.2) is 37.0 Å². The fourth-order valence-electron chi connectivity index (χ4n) is 2.97. The van der Waals surface area contributed by atoms with Crippen LogP contribution in [0, 0.1) is 11.3 Å². The molecule has 2 rings (SSSR count). The van der Waals surface area contributed by atoms with Gasteiger partial charge in [-0.15, -0.1) is 0 Å². The molecule has 0 bridgehead atoms. The first-order valence-corrected chi connectivity index (χ1v) is 7.08. The van der Waals surface area contributed by atoms with Crippen molar-refractivity contribution >= 4 is 5.91 Å². The lowest BCUT2D eigenvalue weighted by Crippen LogP contribution is -2.41. The molecular weight excluding hydrogens is 212 g/mol. The molecule has 98 valence electrons. The summed E-state index contributed by atoms with van der Waals surface area (Å²) in [6.07, 6.45) is 5.63. The molecule has 3 nitrogen and oxygen atoms in total. The molecule has 1 amide bonds. The molecule has 17 heavy (non-hydrogen) atoms. The molecule has 2 aliphatic heterocycles. The van der Waals surface area contributed by atoms with Crippen LogP contribution in [0.15, 0.2) is 0 Å². The maximum absolute atomic E-state index is 12.4. The summed E-state index contributed by atoms with van der Waals surface area (Å²) in [6.45, 7) is 8.62. The molecule has 0 saturated carbocycles. The van der Waals surface area contributed by atoms with Crippen molar-refractivity contribution in [3.8, 4) is 0 Å². The van der Waals surface area contributed by atoms with Crippen LogP contribution >= 0.6 is 0 Å². The highest BCUT2D eigenvalue weighted by molar-refractivity contribution is 5.79. The minimum absolute atomic E-state index is 0.289. The molecule has 0 atom stereocenters. The van der Waals surface area contributed by atoms with Gasteiger partial charge in [0, 0.05) is 19.0 Å². The first kappa shape index (κ1) is 12.9. The van der Waals surface area contributed by atoms with Crippen molar-refractivity contribution in [3.63, 3.8) is 0 Å². The number of likely N-dealkylation sites (tertiary alicyclic amines) is 1. The van der Waals surface area contributed by atoms with Crippen molar-refractivity contribution in [2.75, 3.05) is 26.2 Å². The van der Waals surface area contributed by atoms with Gasteiger partial charge in [-0.3, -0.25) is 4.79 Å². The van der Waals surface area contributed by atoms with Crippen LogP contribution < -0.4 is 5.32 Å². The summed E-state index contributed by atoms with van der Waals surface area (Å²) >= 11 is 0. The Hall–Kier alpha value is -0.570. The average Bonchev–Trinajstić information content (AvgIpc) is 2.50. The Bertz CT molecular complexity index is 269. The number of rotatable bonds is 1. The lowest BCUT2D eigenvalue weighted by Gasteiger charge is -2.29. The van der Waals surface area contributed by atoms with Crippen LogP contribution in [0.3, 0.4) is 0 Å². The maximum Gasteiger partial charge on any atom is 0.225 e. The molecule has 2 heterocycles. The number of piperidine rings is 1. The van der Waals surface area contributed by atoms with E-state index in [0.717, 1.165) is 45.4 Å². The summed E-state index contributed by atoms with van der Waals surface area (Å²) in [7, 11) is 0. The Labute approximate surface area is 105 Å². The van der Waals surface area contributed by atoms with Crippen LogP contribution in [0.5, 0.6) is 0 Å². The van der Waals surface area contributed by atoms with Crippen molar-refractivity contribution in [3.05, 3.63) is 0 Å². The van der Waals surface area contributed by atoms with Crippen molar-refractivity contribution in [2.24, 2.45) is 11.3 Å². The Morgan fingerprint density at radius 3 is 2.59 bits per heavy atom. The van der Waals surface area contributed by atoms with E-state index < -0.39 is 0 Å². The number of nitrogens with zero attached hydrogens (tertiary/aromatic N) is 1. The van der Waals surface area contributed by atoms with Gasteiger partial charge in [0.15, 0.2) is 0 Å². The fourth-order valence-corrected chi connectivity index (χ4v) is 2.97.